The normalized spacial score (nSPS) is 17.2. The van der Waals surface area contributed by atoms with E-state index in [0.29, 0.717) is 14.7 Å². The molecule has 0 bridgehead atoms. The maximum atomic E-state index is 12.7. The van der Waals surface area contributed by atoms with Crippen molar-refractivity contribution in [1.29, 1.82) is 0 Å². The van der Waals surface area contributed by atoms with E-state index in [1.165, 1.54) is 11.3 Å². The quantitative estimate of drug-likeness (QED) is 0.799. The van der Waals surface area contributed by atoms with Crippen LogP contribution in [0.1, 0.15) is 0 Å². The summed E-state index contributed by atoms with van der Waals surface area (Å²) in [5.74, 6) is -3.40. The molecular weight excluding hydrogens is 358 g/mol. The molecule has 10 heteroatoms. The second-order valence-corrected chi connectivity index (χ2v) is 6.13. The minimum Gasteiger partial charge on any atom is -0.329 e. The Morgan fingerprint density at radius 3 is 2.85 bits per heavy atom. The number of amides is 1. The summed E-state index contributed by atoms with van der Waals surface area (Å²) >= 11 is 4.47. The fraction of sp³-hybridized carbons (Fsp3) is 0.400. The maximum absolute atomic E-state index is 12.7. The lowest BCUT2D eigenvalue weighted by Crippen LogP contribution is -2.59. The van der Waals surface area contributed by atoms with Crippen LogP contribution in [-0.4, -0.2) is 44.8 Å². The molecule has 1 saturated heterocycles. The van der Waals surface area contributed by atoms with E-state index in [2.05, 4.69) is 26.2 Å². The van der Waals surface area contributed by atoms with Crippen molar-refractivity contribution in [3.63, 3.8) is 0 Å². The van der Waals surface area contributed by atoms with Gasteiger partial charge < -0.3 is 4.90 Å². The molecule has 6 nitrogen and oxygen atoms in total. The largest absolute Gasteiger partial charge is 0.329 e. The van der Waals surface area contributed by atoms with Crippen molar-refractivity contribution in [1.82, 2.24) is 19.9 Å². The lowest BCUT2D eigenvalue weighted by Gasteiger charge is -2.38. The molecule has 0 N–H and O–H groups in total. The van der Waals surface area contributed by atoms with Gasteiger partial charge in [0.2, 0.25) is 5.91 Å². The molecule has 3 heterocycles. The van der Waals surface area contributed by atoms with Gasteiger partial charge in [-0.25, -0.2) is 13.5 Å². The van der Waals surface area contributed by atoms with Crippen molar-refractivity contribution in [2.24, 2.45) is 0 Å². The van der Waals surface area contributed by atoms with Gasteiger partial charge in [0.05, 0.1) is 18.5 Å². The number of alkyl halides is 2. The molecule has 0 aromatic carbocycles. The number of hydrogen-bond acceptors (Lipinski definition) is 5. The number of fused-ring (bicyclic) bond motifs is 1. The molecule has 0 unspecified atom stereocenters. The first-order valence-corrected chi connectivity index (χ1v) is 7.21. The Balaban J connectivity index is 1.85. The van der Waals surface area contributed by atoms with E-state index in [1.807, 2.05) is 0 Å². The highest BCUT2D eigenvalue weighted by atomic mass is 79.9. The molecule has 3 rings (SSSR count). The Morgan fingerprint density at radius 1 is 1.50 bits per heavy atom. The van der Waals surface area contributed by atoms with E-state index >= 15 is 0 Å². The topological polar surface area (TPSA) is 68.1 Å². The van der Waals surface area contributed by atoms with Gasteiger partial charge in [-0.15, -0.1) is 16.4 Å². The second kappa shape index (κ2) is 4.55. The summed E-state index contributed by atoms with van der Waals surface area (Å²) < 4.78 is 26.8. The Labute approximate surface area is 123 Å². The number of likely N-dealkylation sites (tertiary alicyclic amines) is 1. The molecule has 0 aliphatic carbocycles. The summed E-state index contributed by atoms with van der Waals surface area (Å²) in [5, 5.41) is 9.51. The number of hydrogen-bond donors (Lipinski definition) is 0. The van der Waals surface area contributed by atoms with Gasteiger partial charge in [0.1, 0.15) is 6.54 Å². The fourth-order valence-corrected chi connectivity index (χ4v) is 3.38. The molecule has 0 spiro atoms. The predicted octanol–water partition coefficient (Wildman–Crippen LogP) is 1.09. The minimum absolute atomic E-state index is 0.340. The van der Waals surface area contributed by atoms with Crippen molar-refractivity contribution >= 4 is 43.4 Å². The van der Waals surface area contributed by atoms with E-state index < -0.39 is 30.5 Å². The van der Waals surface area contributed by atoms with Crippen LogP contribution in [0, 0.1) is 0 Å². The van der Waals surface area contributed by atoms with Gasteiger partial charge in [0.25, 0.3) is 11.5 Å². The highest BCUT2D eigenvalue weighted by Crippen LogP contribution is 2.27. The molecule has 106 valence electrons. The molecule has 0 atom stereocenters. The van der Waals surface area contributed by atoms with Crippen LogP contribution in [0.5, 0.6) is 0 Å². The van der Waals surface area contributed by atoms with Crippen molar-refractivity contribution in [3.8, 4) is 0 Å². The van der Waals surface area contributed by atoms with Gasteiger partial charge in [-0.1, -0.05) is 5.21 Å². The van der Waals surface area contributed by atoms with Crippen molar-refractivity contribution in [2.45, 2.75) is 12.5 Å². The summed E-state index contributed by atoms with van der Waals surface area (Å²) in [6.45, 7) is -1.61. The van der Waals surface area contributed by atoms with Crippen LogP contribution in [0.3, 0.4) is 0 Å². The van der Waals surface area contributed by atoms with Crippen LogP contribution < -0.4 is 5.56 Å². The van der Waals surface area contributed by atoms with Crippen LogP contribution in [0.4, 0.5) is 8.78 Å². The van der Waals surface area contributed by atoms with Gasteiger partial charge in [-0.3, -0.25) is 9.59 Å². The van der Waals surface area contributed by atoms with Crippen molar-refractivity contribution < 1.29 is 13.6 Å². The maximum Gasteiger partial charge on any atom is 0.282 e. The molecule has 2 aromatic heterocycles. The first kappa shape index (κ1) is 13.6. The highest BCUT2D eigenvalue weighted by Gasteiger charge is 2.46. The Hall–Kier alpha value is -1.42. The summed E-state index contributed by atoms with van der Waals surface area (Å²) in [4.78, 5) is 25.3. The van der Waals surface area contributed by atoms with Gasteiger partial charge in [-0.2, -0.15) is 0 Å². The summed E-state index contributed by atoms with van der Waals surface area (Å²) in [5.41, 5.74) is -0.469. The highest BCUT2D eigenvalue weighted by molar-refractivity contribution is 9.10. The fourth-order valence-electron chi connectivity index (χ4n) is 1.88. The third-order valence-electron chi connectivity index (χ3n) is 2.90. The van der Waals surface area contributed by atoms with Crippen LogP contribution in [0.25, 0.3) is 10.2 Å². The Bertz CT molecular complexity index is 751. The minimum atomic E-state index is -2.83. The molecule has 1 amide bonds. The van der Waals surface area contributed by atoms with E-state index in [1.54, 1.807) is 5.38 Å². The zero-order valence-electron chi connectivity index (χ0n) is 9.85. The number of rotatable bonds is 2. The molecule has 1 fully saturated rings. The monoisotopic (exact) mass is 364 g/mol. The molecule has 2 aromatic rings. The average molecular weight is 365 g/mol. The predicted molar refractivity (Wildman–Crippen MR) is 70.9 cm³/mol. The summed E-state index contributed by atoms with van der Waals surface area (Å²) in [6.07, 6.45) is 0. The van der Waals surface area contributed by atoms with Gasteiger partial charge in [0.15, 0.2) is 4.83 Å². The molecular formula is C10H7BrF2N4O2S. The summed E-state index contributed by atoms with van der Waals surface area (Å²) in [6, 6.07) is 0. The van der Waals surface area contributed by atoms with Crippen LogP contribution in [0.2, 0.25) is 0 Å². The molecule has 20 heavy (non-hydrogen) atoms. The second-order valence-electron chi connectivity index (χ2n) is 4.42. The number of carbonyl (C=O) groups excluding carboxylic acids is 1. The van der Waals surface area contributed by atoms with Crippen LogP contribution in [0.15, 0.2) is 14.6 Å². The van der Waals surface area contributed by atoms with Gasteiger partial charge >= 0.3 is 0 Å². The average Bonchev–Trinajstić information content (AvgIpc) is 2.72. The zero-order valence-corrected chi connectivity index (χ0v) is 12.2. The van der Waals surface area contributed by atoms with E-state index in [4.69, 9.17) is 0 Å². The van der Waals surface area contributed by atoms with E-state index in [0.717, 1.165) is 9.58 Å². The van der Waals surface area contributed by atoms with Crippen LogP contribution in [-0.2, 0) is 11.3 Å². The first-order chi connectivity index (χ1) is 9.37. The van der Waals surface area contributed by atoms with Crippen molar-refractivity contribution in [3.05, 3.63) is 20.2 Å². The first-order valence-electron chi connectivity index (χ1n) is 5.53. The third-order valence-corrected chi connectivity index (χ3v) is 4.69. The zero-order chi connectivity index (χ0) is 14.5. The Kier molecular flexibility index (Phi) is 3.09. The van der Waals surface area contributed by atoms with Gasteiger partial charge in [-0.05, 0) is 15.9 Å². The Morgan fingerprint density at radius 2 is 2.20 bits per heavy atom. The smallest absolute Gasteiger partial charge is 0.282 e. The number of thiophene rings is 1. The number of aromatic nitrogens is 3. The molecule has 1 aliphatic rings. The van der Waals surface area contributed by atoms with Gasteiger partial charge in [0, 0.05) is 9.85 Å². The van der Waals surface area contributed by atoms with Crippen molar-refractivity contribution in [2.75, 3.05) is 13.1 Å². The lowest BCUT2D eigenvalue weighted by atomic mass is 10.1. The standard InChI is InChI=1S/C10H7BrF2N4O2S/c11-5-2-20-8-7(5)9(19)17(15-14-8)1-6(18)16-3-10(12,13)4-16/h2H,1,3-4H2. The van der Waals surface area contributed by atoms with Crippen LogP contribution >= 0.6 is 27.3 Å². The molecule has 1 aliphatic heterocycles. The SMILES string of the molecule is O=C(Cn1nnc2scc(Br)c2c1=O)N1CC(F)(F)C1. The number of carbonyl (C=O) groups is 1. The van der Waals surface area contributed by atoms with E-state index in [9.17, 15) is 18.4 Å². The third kappa shape index (κ3) is 2.22. The molecule has 0 radical (unpaired) electrons. The van der Waals surface area contributed by atoms with E-state index in [-0.39, 0.29) is 6.54 Å². The summed E-state index contributed by atoms with van der Waals surface area (Å²) in [7, 11) is 0. The lowest BCUT2D eigenvalue weighted by molar-refractivity contribution is -0.166. The number of nitrogens with zero attached hydrogens (tertiary/aromatic N) is 4. The molecule has 0 saturated carbocycles. The number of halogens is 3.